The number of thiophene rings is 1. The average Bonchev–Trinajstić information content (AvgIpc) is 2.54. The number of hydrogen-bond donors (Lipinski definition) is 0. The van der Waals surface area contributed by atoms with Crippen LogP contribution in [0.15, 0.2) is 15.2 Å². The van der Waals surface area contributed by atoms with Gasteiger partial charge in [-0.15, -0.1) is 11.3 Å². The van der Waals surface area contributed by atoms with E-state index in [1.165, 1.54) is 0 Å². The van der Waals surface area contributed by atoms with Gasteiger partial charge in [-0.2, -0.15) is 0 Å². The second kappa shape index (κ2) is 4.91. The fourth-order valence-electron chi connectivity index (χ4n) is 1.33. The van der Waals surface area contributed by atoms with E-state index in [1.54, 1.807) is 11.3 Å². The third-order valence-electron chi connectivity index (χ3n) is 2.21. The van der Waals surface area contributed by atoms with Crippen LogP contribution >= 0.6 is 27.3 Å². The molecule has 1 aromatic heterocycles. The number of carbonyl (C=O) groups is 1. The van der Waals surface area contributed by atoms with Gasteiger partial charge in [0.05, 0.1) is 3.79 Å². The Bertz CT molecular complexity index is 289. The molecule has 0 unspecified atom stereocenters. The lowest BCUT2D eigenvalue weighted by Gasteiger charge is -2.08. The molecule has 0 amide bonds. The van der Waals surface area contributed by atoms with Crippen molar-refractivity contribution < 1.29 is 4.79 Å². The smallest absolute Gasteiger partial charge is 0.166 e. The molecule has 0 spiro atoms. The maximum atomic E-state index is 11.8. The molecule has 0 fully saturated rings. The Balaban J connectivity index is 2.78. The molecule has 0 aliphatic rings. The first-order valence-corrected chi connectivity index (χ1v) is 6.14. The van der Waals surface area contributed by atoms with E-state index in [1.807, 2.05) is 11.4 Å². The molecule has 0 saturated carbocycles. The van der Waals surface area contributed by atoms with Crippen LogP contribution in [-0.2, 0) is 0 Å². The Morgan fingerprint density at radius 1 is 1.54 bits per heavy atom. The number of hydrogen-bond acceptors (Lipinski definition) is 2. The van der Waals surface area contributed by atoms with Gasteiger partial charge in [0.25, 0.3) is 0 Å². The molecule has 1 heterocycles. The first kappa shape index (κ1) is 10.9. The monoisotopic (exact) mass is 260 g/mol. The fraction of sp³-hybridized carbons (Fsp3) is 0.500. The summed E-state index contributed by atoms with van der Waals surface area (Å²) in [5.74, 6) is 0.480. The van der Waals surface area contributed by atoms with Crippen molar-refractivity contribution in [2.24, 2.45) is 5.92 Å². The molecule has 0 aliphatic heterocycles. The number of ketones is 1. The zero-order chi connectivity index (χ0) is 9.84. The molecule has 0 bridgehead atoms. The summed E-state index contributed by atoms with van der Waals surface area (Å²) >= 11 is 4.93. The second-order valence-electron chi connectivity index (χ2n) is 3.02. The van der Waals surface area contributed by atoms with Crippen LogP contribution in [0, 0.1) is 5.92 Å². The Labute approximate surface area is 91.3 Å². The molecule has 0 aliphatic carbocycles. The largest absolute Gasteiger partial charge is 0.294 e. The Morgan fingerprint density at radius 3 is 2.54 bits per heavy atom. The van der Waals surface area contributed by atoms with Crippen molar-refractivity contribution >= 4 is 33.0 Å². The second-order valence-corrected chi connectivity index (χ2v) is 5.31. The third-order valence-corrected chi connectivity index (χ3v) is 3.71. The number of rotatable bonds is 4. The highest BCUT2D eigenvalue weighted by molar-refractivity contribution is 9.11. The van der Waals surface area contributed by atoms with Crippen molar-refractivity contribution in [3.63, 3.8) is 0 Å². The van der Waals surface area contributed by atoms with Gasteiger partial charge < -0.3 is 0 Å². The quantitative estimate of drug-likeness (QED) is 0.745. The first-order chi connectivity index (χ1) is 6.19. The summed E-state index contributed by atoms with van der Waals surface area (Å²) in [7, 11) is 0. The van der Waals surface area contributed by atoms with E-state index in [0.29, 0.717) is 0 Å². The summed E-state index contributed by atoms with van der Waals surface area (Å²) in [5.41, 5.74) is 0.852. The number of halogens is 1. The van der Waals surface area contributed by atoms with Gasteiger partial charge in [0.1, 0.15) is 0 Å². The van der Waals surface area contributed by atoms with Gasteiger partial charge in [0.2, 0.25) is 0 Å². The van der Waals surface area contributed by atoms with Gasteiger partial charge in [-0.3, -0.25) is 4.79 Å². The lowest BCUT2D eigenvalue weighted by molar-refractivity contribution is 0.0914. The van der Waals surface area contributed by atoms with E-state index in [4.69, 9.17) is 0 Å². The van der Waals surface area contributed by atoms with Crippen molar-refractivity contribution in [3.8, 4) is 0 Å². The average molecular weight is 261 g/mol. The van der Waals surface area contributed by atoms with E-state index < -0.39 is 0 Å². The van der Waals surface area contributed by atoms with E-state index >= 15 is 0 Å². The first-order valence-electron chi connectivity index (χ1n) is 4.47. The van der Waals surface area contributed by atoms with Crippen LogP contribution in [0.3, 0.4) is 0 Å². The van der Waals surface area contributed by atoms with E-state index in [9.17, 15) is 4.79 Å². The van der Waals surface area contributed by atoms with Crippen molar-refractivity contribution in [3.05, 3.63) is 20.8 Å². The zero-order valence-corrected chi connectivity index (χ0v) is 10.2. The zero-order valence-electron chi connectivity index (χ0n) is 7.84. The van der Waals surface area contributed by atoms with Gasteiger partial charge in [0.15, 0.2) is 5.78 Å². The van der Waals surface area contributed by atoms with Crippen molar-refractivity contribution in [1.82, 2.24) is 0 Å². The number of carbonyl (C=O) groups excluding carboxylic acids is 1. The predicted octanol–water partition coefficient (Wildman–Crippen LogP) is 4.13. The maximum Gasteiger partial charge on any atom is 0.166 e. The lowest BCUT2D eigenvalue weighted by Crippen LogP contribution is -2.11. The molecule has 1 aromatic rings. The maximum absolute atomic E-state index is 11.8. The molecule has 0 N–H and O–H groups in total. The SMILES string of the molecule is CCC(CC)C(=O)c1csc(Br)c1. The molecule has 0 radical (unpaired) electrons. The highest BCUT2D eigenvalue weighted by Crippen LogP contribution is 2.24. The van der Waals surface area contributed by atoms with Crippen LogP contribution in [0.1, 0.15) is 37.0 Å². The van der Waals surface area contributed by atoms with Gasteiger partial charge in [-0.1, -0.05) is 13.8 Å². The summed E-state index contributed by atoms with van der Waals surface area (Å²) in [5, 5.41) is 1.92. The molecule has 3 heteroatoms. The van der Waals surface area contributed by atoms with Crippen molar-refractivity contribution in [2.75, 3.05) is 0 Å². The third kappa shape index (κ3) is 2.64. The minimum atomic E-state index is 0.196. The number of Topliss-reactive ketones (excluding diaryl/α,β-unsaturated/α-hetero) is 1. The molecule has 13 heavy (non-hydrogen) atoms. The van der Waals surface area contributed by atoms with Gasteiger partial charge in [0, 0.05) is 16.9 Å². The molecule has 0 saturated heterocycles. The summed E-state index contributed by atoms with van der Waals surface area (Å²) in [6, 6.07) is 1.91. The predicted molar refractivity (Wildman–Crippen MR) is 60.4 cm³/mol. The Hall–Kier alpha value is -0.150. The van der Waals surface area contributed by atoms with Crippen LogP contribution in [0.4, 0.5) is 0 Å². The fourth-order valence-corrected chi connectivity index (χ4v) is 2.48. The van der Waals surface area contributed by atoms with Gasteiger partial charge in [-0.25, -0.2) is 0 Å². The van der Waals surface area contributed by atoms with Crippen LogP contribution in [0.25, 0.3) is 0 Å². The topological polar surface area (TPSA) is 17.1 Å². The molecule has 1 nitrogen and oxygen atoms in total. The summed E-state index contributed by atoms with van der Waals surface area (Å²) in [6.45, 7) is 4.13. The van der Waals surface area contributed by atoms with Crippen LogP contribution < -0.4 is 0 Å². The minimum absolute atomic E-state index is 0.196. The van der Waals surface area contributed by atoms with Crippen molar-refractivity contribution in [1.29, 1.82) is 0 Å². The van der Waals surface area contributed by atoms with Crippen LogP contribution in [-0.4, -0.2) is 5.78 Å². The normalized spacial score (nSPS) is 10.8. The standard InChI is InChI=1S/C10H13BrOS/c1-3-7(4-2)10(12)8-5-9(11)13-6-8/h5-7H,3-4H2,1-2H3. The lowest BCUT2D eigenvalue weighted by atomic mass is 9.95. The van der Waals surface area contributed by atoms with E-state index in [-0.39, 0.29) is 11.7 Å². The molecular weight excluding hydrogens is 248 g/mol. The Morgan fingerprint density at radius 2 is 2.15 bits per heavy atom. The molecule has 0 atom stereocenters. The highest BCUT2D eigenvalue weighted by Gasteiger charge is 2.16. The van der Waals surface area contributed by atoms with E-state index in [2.05, 4.69) is 29.8 Å². The molecule has 72 valence electrons. The Kier molecular flexibility index (Phi) is 4.13. The van der Waals surface area contributed by atoms with Crippen LogP contribution in [0.5, 0.6) is 0 Å². The summed E-state index contributed by atoms with van der Waals surface area (Å²) < 4.78 is 1.03. The minimum Gasteiger partial charge on any atom is -0.294 e. The summed E-state index contributed by atoms with van der Waals surface area (Å²) in [6.07, 6.45) is 1.87. The van der Waals surface area contributed by atoms with Gasteiger partial charge >= 0.3 is 0 Å². The molecular formula is C10H13BrOS. The van der Waals surface area contributed by atoms with Crippen molar-refractivity contribution in [2.45, 2.75) is 26.7 Å². The van der Waals surface area contributed by atoms with Crippen LogP contribution in [0.2, 0.25) is 0 Å². The highest BCUT2D eigenvalue weighted by atomic mass is 79.9. The molecule has 0 aromatic carbocycles. The molecule has 1 rings (SSSR count). The van der Waals surface area contributed by atoms with Gasteiger partial charge in [-0.05, 0) is 34.8 Å². The summed E-state index contributed by atoms with van der Waals surface area (Å²) in [4.78, 5) is 11.8. The van der Waals surface area contributed by atoms with E-state index in [0.717, 1.165) is 22.2 Å².